The molecule has 0 aliphatic carbocycles. The second-order valence-corrected chi connectivity index (χ2v) is 5.53. The maximum absolute atomic E-state index is 11.6. The van der Waals surface area contributed by atoms with E-state index in [0.717, 1.165) is 5.56 Å². The Morgan fingerprint density at radius 3 is 2.84 bits per heavy atom. The zero-order chi connectivity index (χ0) is 18.4. The van der Waals surface area contributed by atoms with Crippen molar-refractivity contribution in [2.75, 3.05) is 18.2 Å². The summed E-state index contributed by atoms with van der Waals surface area (Å²) in [5, 5.41) is 14.5. The molecule has 10 heteroatoms. The number of carbonyl (C=O) groups excluding carboxylic acids is 1. The summed E-state index contributed by atoms with van der Waals surface area (Å²) in [6.45, 7) is 3.59. The number of ether oxygens (including phenoxy) is 2. The van der Waals surface area contributed by atoms with Gasteiger partial charge in [-0.15, -0.1) is 0 Å². The number of anilines is 2. The smallest absolute Gasteiger partial charge is 0.434 e. The molecule has 1 N–H and O–H groups in total. The lowest BCUT2D eigenvalue weighted by molar-refractivity contribution is -0.383. The minimum atomic E-state index is -0.912. The Bertz CT molecular complexity index is 799. The van der Waals surface area contributed by atoms with Crippen LogP contribution in [-0.2, 0) is 4.74 Å². The second-order valence-electron chi connectivity index (χ2n) is 4.76. The van der Waals surface area contributed by atoms with Gasteiger partial charge in [-0.25, -0.2) is 14.8 Å². The number of thioether (sulfide) groups is 1. The van der Waals surface area contributed by atoms with Crippen molar-refractivity contribution >= 4 is 35.1 Å². The lowest BCUT2D eigenvalue weighted by atomic mass is 10.2. The fraction of sp³-hybridized carbons (Fsp3) is 0.267. The molecule has 1 heterocycles. The molecule has 0 unspecified atom stereocenters. The Labute approximate surface area is 147 Å². The van der Waals surface area contributed by atoms with E-state index >= 15 is 0 Å². The summed E-state index contributed by atoms with van der Waals surface area (Å²) in [4.78, 5) is 30.5. The van der Waals surface area contributed by atoms with Crippen molar-refractivity contribution in [3.05, 3.63) is 40.1 Å². The van der Waals surface area contributed by atoms with Crippen LogP contribution in [0.2, 0.25) is 0 Å². The van der Waals surface area contributed by atoms with Crippen LogP contribution >= 0.6 is 11.8 Å². The summed E-state index contributed by atoms with van der Waals surface area (Å²) in [5.74, 6) is 0.133. The maximum Gasteiger partial charge on any atom is 0.514 e. The summed E-state index contributed by atoms with van der Waals surface area (Å²) in [6.07, 6.45) is 2.17. The Balaban J connectivity index is 2.42. The van der Waals surface area contributed by atoms with Crippen molar-refractivity contribution in [1.29, 1.82) is 0 Å². The number of nitro groups is 1. The number of nitrogens with one attached hydrogen (secondary N) is 1. The minimum Gasteiger partial charge on any atom is -0.434 e. The molecule has 0 saturated carbocycles. The van der Waals surface area contributed by atoms with Crippen LogP contribution in [0.25, 0.3) is 0 Å². The van der Waals surface area contributed by atoms with Crippen LogP contribution in [0.1, 0.15) is 12.5 Å². The molecule has 0 aliphatic heterocycles. The van der Waals surface area contributed by atoms with Gasteiger partial charge in [0.05, 0.1) is 17.7 Å². The summed E-state index contributed by atoms with van der Waals surface area (Å²) in [5.41, 5.74) is 0.918. The number of hydrogen-bond donors (Lipinski definition) is 1. The third-order valence-corrected chi connectivity index (χ3v) is 3.53. The van der Waals surface area contributed by atoms with E-state index in [4.69, 9.17) is 9.47 Å². The molecule has 2 aromatic rings. The molecule has 0 radical (unpaired) electrons. The topological polar surface area (TPSA) is 116 Å². The number of aryl methyl sites for hydroxylation is 1. The monoisotopic (exact) mass is 364 g/mol. The van der Waals surface area contributed by atoms with Crippen molar-refractivity contribution in [2.24, 2.45) is 0 Å². The summed E-state index contributed by atoms with van der Waals surface area (Å²) in [7, 11) is 0. The number of nitro benzene ring substituents is 1. The first-order valence-electron chi connectivity index (χ1n) is 7.22. The molecule has 25 heavy (non-hydrogen) atoms. The molecule has 9 nitrogen and oxygen atoms in total. The number of hydrogen-bond acceptors (Lipinski definition) is 9. The first kappa shape index (κ1) is 18.5. The van der Waals surface area contributed by atoms with Gasteiger partial charge in [-0.2, -0.15) is 0 Å². The molecule has 1 aromatic carbocycles. The molecule has 0 amide bonds. The number of aromatic nitrogens is 2. The van der Waals surface area contributed by atoms with Crippen LogP contribution in [0.5, 0.6) is 5.75 Å². The van der Waals surface area contributed by atoms with Gasteiger partial charge in [0.25, 0.3) is 5.69 Å². The van der Waals surface area contributed by atoms with E-state index in [-0.39, 0.29) is 29.5 Å². The zero-order valence-corrected chi connectivity index (χ0v) is 14.6. The van der Waals surface area contributed by atoms with E-state index in [0.29, 0.717) is 5.16 Å². The van der Waals surface area contributed by atoms with Crippen LogP contribution in [0.4, 0.5) is 22.0 Å². The fourth-order valence-electron chi connectivity index (χ4n) is 1.89. The van der Waals surface area contributed by atoms with Crippen molar-refractivity contribution in [2.45, 2.75) is 19.0 Å². The molecule has 0 aliphatic rings. The minimum absolute atomic E-state index is 0.00653. The lowest BCUT2D eigenvalue weighted by Gasteiger charge is -2.12. The van der Waals surface area contributed by atoms with E-state index in [1.54, 1.807) is 32.2 Å². The summed E-state index contributed by atoms with van der Waals surface area (Å²) in [6, 6.07) is 4.63. The van der Waals surface area contributed by atoms with Gasteiger partial charge in [0.2, 0.25) is 0 Å². The molecular formula is C15H16N4O5S. The predicted molar refractivity (Wildman–Crippen MR) is 92.6 cm³/mol. The molecular weight excluding hydrogens is 348 g/mol. The highest BCUT2D eigenvalue weighted by Crippen LogP contribution is 2.32. The van der Waals surface area contributed by atoms with Crippen LogP contribution in [0, 0.1) is 17.0 Å². The van der Waals surface area contributed by atoms with E-state index in [2.05, 4.69) is 15.3 Å². The quantitative estimate of drug-likeness (QED) is 0.269. The number of nitrogens with zero attached hydrogens (tertiary/aromatic N) is 3. The molecule has 1 aromatic heterocycles. The lowest BCUT2D eigenvalue weighted by Crippen LogP contribution is -2.12. The first-order valence-corrected chi connectivity index (χ1v) is 8.44. The molecule has 132 valence electrons. The van der Waals surface area contributed by atoms with Gasteiger partial charge in [0.1, 0.15) is 5.69 Å². The second kappa shape index (κ2) is 8.29. The van der Waals surface area contributed by atoms with Gasteiger partial charge >= 0.3 is 6.16 Å². The van der Waals surface area contributed by atoms with Gasteiger partial charge in [-0.1, -0.05) is 17.8 Å². The number of rotatable bonds is 6. The van der Waals surface area contributed by atoms with E-state index < -0.39 is 11.1 Å². The normalized spacial score (nSPS) is 10.2. The molecule has 0 atom stereocenters. The highest BCUT2D eigenvalue weighted by Gasteiger charge is 2.19. The highest BCUT2D eigenvalue weighted by atomic mass is 32.2. The van der Waals surface area contributed by atoms with E-state index in [1.165, 1.54) is 24.0 Å². The Morgan fingerprint density at radius 2 is 2.20 bits per heavy atom. The van der Waals surface area contributed by atoms with Crippen molar-refractivity contribution < 1.29 is 19.2 Å². The van der Waals surface area contributed by atoms with Gasteiger partial charge in [0, 0.05) is 6.07 Å². The third-order valence-electron chi connectivity index (χ3n) is 2.97. The van der Waals surface area contributed by atoms with Crippen LogP contribution in [0.15, 0.2) is 29.6 Å². The standard InChI is InChI=1S/C15H16N4O5S/c1-4-23-15(20)24-12-8-16-14(25-3)18-13(12)17-10-7-9(2)5-6-11(10)19(21)22/h5-8H,4H2,1-3H3,(H,16,17,18). The van der Waals surface area contributed by atoms with Crippen molar-refractivity contribution in [3.63, 3.8) is 0 Å². The molecule has 0 spiro atoms. The molecule has 2 rings (SSSR count). The highest BCUT2D eigenvalue weighted by molar-refractivity contribution is 7.98. The molecule has 0 bridgehead atoms. The predicted octanol–water partition coefficient (Wildman–Crippen LogP) is 3.69. The summed E-state index contributed by atoms with van der Waals surface area (Å²) < 4.78 is 9.79. The molecule has 0 fully saturated rings. The van der Waals surface area contributed by atoms with Crippen LogP contribution in [0.3, 0.4) is 0 Å². The van der Waals surface area contributed by atoms with Gasteiger partial charge in [-0.05, 0) is 31.7 Å². The van der Waals surface area contributed by atoms with Crippen molar-refractivity contribution in [1.82, 2.24) is 9.97 Å². The van der Waals surface area contributed by atoms with Crippen LogP contribution < -0.4 is 10.1 Å². The Hall–Kier alpha value is -2.88. The Morgan fingerprint density at radius 1 is 1.44 bits per heavy atom. The molecule has 0 saturated heterocycles. The van der Waals surface area contributed by atoms with Gasteiger partial charge in [-0.3, -0.25) is 10.1 Å². The summed E-state index contributed by atoms with van der Waals surface area (Å²) >= 11 is 1.28. The first-order chi connectivity index (χ1) is 11.9. The van der Waals surface area contributed by atoms with E-state index in [9.17, 15) is 14.9 Å². The number of carbonyl (C=O) groups is 1. The maximum atomic E-state index is 11.6. The Kier molecular flexibility index (Phi) is 6.12. The number of benzene rings is 1. The zero-order valence-electron chi connectivity index (χ0n) is 13.8. The third kappa shape index (κ3) is 4.80. The average molecular weight is 364 g/mol. The van der Waals surface area contributed by atoms with E-state index in [1.807, 2.05) is 0 Å². The average Bonchev–Trinajstić information content (AvgIpc) is 2.56. The fourth-order valence-corrected chi connectivity index (χ4v) is 2.23. The SMILES string of the molecule is CCOC(=O)Oc1cnc(SC)nc1Nc1cc(C)ccc1[N+](=O)[O-]. The van der Waals surface area contributed by atoms with Crippen LogP contribution in [-0.4, -0.2) is 33.9 Å². The van der Waals surface area contributed by atoms with Gasteiger partial charge < -0.3 is 14.8 Å². The largest absolute Gasteiger partial charge is 0.514 e. The van der Waals surface area contributed by atoms with Crippen molar-refractivity contribution in [3.8, 4) is 5.75 Å². The van der Waals surface area contributed by atoms with Gasteiger partial charge in [0.15, 0.2) is 16.7 Å².